The van der Waals surface area contributed by atoms with Gasteiger partial charge in [-0.3, -0.25) is 9.69 Å². The molecule has 1 heterocycles. The molecule has 0 radical (unpaired) electrons. The maximum absolute atomic E-state index is 13.3. The van der Waals surface area contributed by atoms with Crippen molar-refractivity contribution in [3.05, 3.63) is 102 Å². The van der Waals surface area contributed by atoms with E-state index in [4.69, 9.17) is 0 Å². The molecule has 4 aromatic carbocycles. The molecule has 0 unspecified atom stereocenters. The van der Waals surface area contributed by atoms with Crippen molar-refractivity contribution in [3.63, 3.8) is 0 Å². The van der Waals surface area contributed by atoms with Crippen LogP contribution in [0.4, 0.5) is 24.5 Å². The molecular formula is C26H16F3NO. The van der Waals surface area contributed by atoms with E-state index in [0.29, 0.717) is 11.1 Å². The summed E-state index contributed by atoms with van der Waals surface area (Å²) >= 11 is 0. The summed E-state index contributed by atoms with van der Waals surface area (Å²) in [6.07, 6.45) is -2.66. The Morgan fingerprint density at radius 2 is 1.58 bits per heavy atom. The highest BCUT2D eigenvalue weighted by Gasteiger charge is 2.32. The number of carbonyl (C=O) groups is 1. The smallest absolute Gasteiger partial charge is 0.276 e. The normalized spacial score (nSPS) is 13.1. The second-order valence-corrected chi connectivity index (χ2v) is 7.38. The fraction of sp³-hybridized carbons (Fsp3) is 0.0385. The Labute approximate surface area is 176 Å². The van der Waals surface area contributed by atoms with Crippen LogP contribution < -0.4 is 4.90 Å². The molecule has 0 aliphatic carbocycles. The molecular weight excluding hydrogens is 399 g/mol. The van der Waals surface area contributed by atoms with Gasteiger partial charge >= 0.3 is 6.18 Å². The molecule has 5 rings (SSSR count). The quantitative estimate of drug-likeness (QED) is 0.340. The van der Waals surface area contributed by atoms with Crippen LogP contribution in [0.25, 0.3) is 28.0 Å². The van der Waals surface area contributed by atoms with Crippen molar-refractivity contribution < 1.29 is 18.0 Å². The zero-order valence-electron chi connectivity index (χ0n) is 16.3. The van der Waals surface area contributed by atoms with E-state index in [1.807, 2.05) is 42.5 Å². The molecule has 0 atom stereocenters. The fourth-order valence-electron chi connectivity index (χ4n) is 4.12. The lowest BCUT2D eigenvalue weighted by atomic mass is 9.95. The van der Waals surface area contributed by atoms with Gasteiger partial charge in [0.05, 0.1) is 16.8 Å². The van der Waals surface area contributed by atoms with E-state index in [9.17, 15) is 18.0 Å². The first-order valence-electron chi connectivity index (χ1n) is 9.69. The summed E-state index contributed by atoms with van der Waals surface area (Å²) in [5.41, 5.74) is 3.73. The molecule has 4 aromatic rings. The van der Waals surface area contributed by atoms with Gasteiger partial charge in [0.1, 0.15) is 0 Å². The van der Waals surface area contributed by atoms with Crippen LogP contribution in [-0.4, -0.2) is 5.91 Å². The number of rotatable bonds is 3. The molecule has 0 spiro atoms. The number of nitrogens with zero attached hydrogens (tertiary/aromatic N) is 1. The number of carbonyl (C=O) groups excluding carboxylic acids is 1. The maximum atomic E-state index is 13.3. The van der Waals surface area contributed by atoms with Gasteiger partial charge in [0.2, 0.25) is 0 Å². The van der Waals surface area contributed by atoms with Crippen LogP contribution in [0.1, 0.15) is 21.5 Å². The molecule has 2 nitrogen and oxygen atoms in total. The van der Waals surface area contributed by atoms with Crippen LogP contribution in [0, 0.1) is 0 Å². The van der Waals surface area contributed by atoms with Crippen LogP contribution in [0.3, 0.4) is 0 Å². The van der Waals surface area contributed by atoms with Gasteiger partial charge in [0, 0.05) is 11.1 Å². The van der Waals surface area contributed by atoms with Crippen molar-refractivity contribution in [3.8, 4) is 11.1 Å². The lowest BCUT2D eigenvalue weighted by Crippen LogP contribution is -2.20. The van der Waals surface area contributed by atoms with Crippen molar-refractivity contribution >= 4 is 34.1 Å². The number of hydrogen-bond donors (Lipinski definition) is 0. The summed E-state index contributed by atoms with van der Waals surface area (Å²) in [5.74, 6) is -0.133. The van der Waals surface area contributed by atoms with Crippen LogP contribution in [-0.2, 0) is 6.18 Å². The molecule has 0 N–H and O–H groups in total. The third-order valence-corrected chi connectivity index (χ3v) is 5.58. The van der Waals surface area contributed by atoms with Crippen molar-refractivity contribution in [2.24, 2.45) is 0 Å². The number of alkyl halides is 3. The van der Waals surface area contributed by atoms with Gasteiger partial charge in [0.15, 0.2) is 0 Å². The first-order valence-corrected chi connectivity index (χ1v) is 9.69. The standard InChI is InChI=1S/C26H16F3NO/c1-2-16-5-3-6-19(15-16)30-23-14-13-20(17-9-11-18(12-10-17)26(27,28)29)21-7-4-8-22(24(21)23)25(30)31/h2-15H,1H2. The predicted octanol–water partition coefficient (Wildman–Crippen LogP) is 7.46. The van der Waals surface area contributed by atoms with Gasteiger partial charge in [-0.2, -0.15) is 13.2 Å². The molecule has 0 bridgehead atoms. The number of anilines is 2. The number of halogens is 3. The number of amides is 1. The Morgan fingerprint density at radius 1 is 0.839 bits per heavy atom. The van der Waals surface area contributed by atoms with E-state index in [2.05, 4.69) is 6.58 Å². The Kier molecular flexibility index (Phi) is 4.22. The summed E-state index contributed by atoms with van der Waals surface area (Å²) in [6, 6.07) is 21.8. The minimum Gasteiger partial charge on any atom is -0.276 e. The van der Waals surface area contributed by atoms with Crippen molar-refractivity contribution in [1.82, 2.24) is 0 Å². The Balaban J connectivity index is 1.68. The zero-order chi connectivity index (χ0) is 21.8. The van der Waals surface area contributed by atoms with Crippen LogP contribution >= 0.6 is 0 Å². The van der Waals surface area contributed by atoms with Gasteiger partial charge in [-0.1, -0.05) is 55.1 Å². The fourth-order valence-corrected chi connectivity index (χ4v) is 4.12. The number of benzene rings is 4. The molecule has 0 saturated carbocycles. The zero-order valence-corrected chi connectivity index (χ0v) is 16.3. The van der Waals surface area contributed by atoms with E-state index in [1.54, 1.807) is 23.1 Å². The Hall–Kier alpha value is -3.86. The Morgan fingerprint density at radius 3 is 2.29 bits per heavy atom. The first kappa shape index (κ1) is 19.1. The predicted molar refractivity (Wildman–Crippen MR) is 117 cm³/mol. The highest BCUT2D eigenvalue weighted by molar-refractivity contribution is 6.29. The molecule has 152 valence electrons. The molecule has 1 amide bonds. The SMILES string of the molecule is C=Cc1cccc(N2C(=O)c3cccc4c(-c5ccc(C(F)(F)F)cc5)ccc2c34)c1. The van der Waals surface area contributed by atoms with Crippen LogP contribution in [0.2, 0.25) is 0 Å². The van der Waals surface area contributed by atoms with Gasteiger partial charge in [-0.25, -0.2) is 0 Å². The molecule has 0 aromatic heterocycles. The highest BCUT2D eigenvalue weighted by Crippen LogP contribution is 2.45. The van der Waals surface area contributed by atoms with E-state index in [1.165, 1.54) is 12.1 Å². The third-order valence-electron chi connectivity index (χ3n) is 5.58. The van der Waals surface area contributed by atoms with E-state index < -0.39 is 11.7 Å². The van der Waals surface area contributed by atoms with Gasteiger partial charge in [-0.05, 0) is 58.5 Å². The van der Waals surface area contributed by atoms with Gasteiger partial charge in [0.25, 0.3) is 5.91 Å². The monoisotopic (exact) mass is 415 g/mol. The van der Waals surface area contributed by atoms with E-state index in [-0.39, 0.29) is 5.91 Å². The highest BCUT2D eigenvalue weighted by atomic mass is 19.4. The van der Waals surface area contributed by atoms with E-state index >= 15 is 0 Å². The second kappa shape index (κ2) is 6.84. The van der Waals surface area contributed by atoms with Gasteiger partial charge < -0.3 is 0 Å². The summed E-state index contributed by atoms with van der Waals surface area (Å²) < 4.78 is 38.8. The second-order valence-electron chi connectivity index (χ2n) is 7.38. The molecule has 0 saturated heterocycles. The maximum Gasteiger partial charge on any atom is 0.416 e. The van der Waals surface area contributed by atoms with Crippen LogP contribution in [0.15, 0.2) is 85.4 Å². The molecule has 5 heteroatoms. The summed E-state index contributed by atoms with van der Waals surface area (Å²) in [7, 11) is 0. The summed E-state index contributed by atoms with van der Waals surface area (Å²) in [6.45, 7) is 3.79. The van der Waals surface area contributed by atoms with Crippen LogP contribution in [0.5, 0.6) is 0 Å². The van der Waals surface area contributed by atoms with Crippen molar-refractivity contribution in [1.29, 1.82) is 0 Å². The molecule has 1 aliphatic heterocycles. The van der Waals surface area contributed by atoms with Crippen molar-refractivity contribution in [2.45, 2.75) is 6.18 Å². The van der Waals surface area contributed by atoms with E-state index in [0.717, 1.165) is 45.4 Å². The summed E-state index contributed by atoms with van der Waals surface area (Å²) in [5, 5.41) is 1.62. The average Bonchev–Trinajstić information content (AvgIpc) is 3.07. The largest absolute Gasteiger partial charge is 0.416 e. The minimum absolute atomic E-state index is 0.133. The van der Waals surface area contributed by atoms with Gasteiger partial charge in [-0.15, -0.1) is 0 Å². The summed E-state index contributed by atoms with van der Waals surface area (Å²) in [4.78, 5) is 14.9. The average molecular weight is 415 g/mol. The minimum atomic E-state index is -4.38. The lowest BCUT2D eigenvalue weighted by molar-refractivity contribution is -0.137. The molecule has 0 fully saturated rings. The topological polar surface area (TPSA) is 20.3 Å². The molecule has 1 aliphatic rings. The first-order chi connectivity index (χ1) is 14.9. The Bertz CT molecular complexity index is 1350. The lowest BCUT2D eigenvalue weighted by Gasteiger charge is -2.19. The van der Waals surface area contributed by atoms with Crippen molar-refractivity contribution in [2.75, 3.05) is 4.90 Å². The number of hydrogen-bond acceptors (Lipinski definition) is 1. The molecule has 31 heavy (non-hydrogen) atoms. The third kappa shape index (κ3) is 3.01.